The third-order valence-electron chi connectivity index (χ3n) is 7.18. The molecule has 0 saturated heterocycles. The molecule has 0 radical (unpaired) electrons. The Hall–Kier alpha value is -4.91. The fraction of sp³-hybridized carbons (Fsp3) is 0.0882. The van der Waals surface area contributed by atoms with Gasteiger partial charge in [-0.3, -0.25) is 0 Å². The van der Waals surface area contributed by atoms with Gasteiger partial charge in [0, 0.05) is 23.3 Å². The smallest absolute Gasteiger partial charge is 0.429 e. The molecule has 6 aromatic rings. The van der Waals surface area contributed by atoms with Crippen LogP contribution >= 0.6 is 11.3 Å². The molecule has 0 unspecified atom stereocenters. The second-order valence-corrected chi connectivity index (χ2v) is 11.5. The summed E-state index contributed by atoms with van der Waals surface area (Å²) in [5, 5.41) is 0.0211. The molecular weight excluding hydrogens is 660 g/mol. The molecule has 0 N–H and O–H groups in total. The zero-order chi connectivity index (χ0) is 33.8. The molecule has 0 amide bonds. The van der Waals surface area contributed by atoms with Crippen molar-refractivity contribution in [3.05, 3.63) is 131 Å². The molecular formula is C34H17F10NOS. The second-order valence-electron chi connectivity index (χ2n) is 10.5. The molecule has 1 heterocycles. The molecule has 0 saturated carbocycles. The summed E-state index contributed by atoms with van der Waals surface area (Å²) in [4.78, 5) is 4.29. The molecule has 0 fully saturated rings. The Kier molecular flexibility index (Phi) is 7.99. The third-order valence-corrected chi connectivity index (χ3v) is 8.25. The molecule has 0 aliphatic heterocycles. The topological polar surface area (TPSA) is 22.1 Å². The van der Waals surface area contributed by atoms with Crippen molar-refractivity contribution < 1.29 is 48.6 Å². The van der Waals surface area contributed by atoms with Gasteiger partial charge in [-0.05, 0) is 53.9 Å². The summed E-state index contributed by atoms with van der Waals surface area (Å²) in [5.74, 6) is -10.1. The van der Waals surface area contributed by atoms with Crippen LogP contribution in [-0.2, 0) is 12.3 Å². The molecule has 240 valence electrons. The lowest BCUT2D eigenvalue weighted by atomic mass is 9.99. The van der Waals surface area contributed by atoms with Gasteiger partial charge in [0.05, 0.1) is 10.2 Å². The SMILES string of the molecule is Cc1ccc(-c2ccc(-c3ccc4nc(-c5cc(F)c(C(F)(F)Oc6cc(F)c(C(F)(F)F)c(F)c6)c(F)c5)sc4c3)c(F)c2)cc1. The zero-order valence-corrected chi connectivity index (χ0v) is 24.4. The molecule has 2 nitrogen and oxygen atoms in total. The number of rotatable bonds is 6. The average Bonchev–Trinajstić information content (AvgIpc) is 3.39. The number of alkyl halides is 5. The molecule has 13 heteroatoms. The summed E-state index contributed by atoms with van der Waals surface area (Å²) < 4.78 is 145. The van der Waals surface area contributed by atoms with E-state index in [1.54, 1.807) is 30.3 Å². The van der Waals surface area contributed by atoms with Crippen molar-refractivity contribution in [1.82, 2.24) is 4.98 Å². The molecule has 0 atom stereocenters. The number of halogens is 10. The first kappa shape index (κ1) is 32.0. The molecule has 0 spiro atoms. The normalized spacial score (nSPS) is 12.1. The standard InChI is InChI=1S/C34H17F10NOS/c1-16-2-4-17(5-3-16)18-6-8-22(23(35)10-18)19-7-9-28-29(13-19)47-32(45-28)20-11-24(36)31(25(37)12-20)34(43,44)46-21-14-26(38)30(27(39)15-21)33(40,41)42/h2-15H,1H3. The zero-order valence-electron chi connectivity index (χ0n) is 23.6. The van der Waals surface area contributed by atoms with Crippen molar-refractivity contribution in [3.63, 3.8) is 0 Å². The van der Waals surface area contributed by atoms with Crippen LogP contribution in [0.3, 0.4) is 0 Å². The van der Waals surface area contributed by atoms with E-state index in [1.165, 1.54) is 6.07 Å². The van der Waals surface area contributed by atoms with E-state index in [9.17, 15) is 39.5 Å². The van der Waals surface area contributed by atoms with E-state index in [2.05, 4.69) is 9.72 Å². The van der Waals surface area contributed by atoms with Crippen molar-refractivity contribution in [3.8, 4) is 38.6 Å². The van der Waals surface area contributed by atoms with E-state index in [1.807, 2.05) is 31.2 Å². The summed E-state index contributed by atoms with van der Waals surface area (Å²) in [6.45, 7) is 1.94. The molecule has 1 aromatic heterocycles. The minimum Gasteiger partial charge on any atom is -0.429 e. The van der Waals surface area contributed by atoms with Gasteiger partial charge in [0.25, 0.3) is 0 Å². The summed E-state index contributed by atoms with van der Waals surface area (Å²) in [6.07, 6.45) is -10.4. The predicted molar refractivity (Wildman–Crippen MR) is 156 cm³/mol. The lowest BCUT2D eigenvalue weighted by Gasteiger charge is -2.20. The van der Waals surface area contributed by atoms with Crippen molar-refractivity contribution in [2.75, 3.05) is 0 Å². The number of hydrogen-bond acceptors (Lipinski definition) is 3. The number of thiazole rings is 1. The Morgan fingerprint density at radius 3 is 1.72 bits per heavy atom. The highest BCUT2D eigenvalue weighted by Crippen LogP contribution is 2.41. The van der Waals surface area contributed by atoms with Crippen molar-refractivity contribution >= 4 is 21.6 Å². The highest BCUT2D eigenvalue weighted by atomic mass is 32.1. The molecule has 0 aliphatic carbocycles. The first-order chi connectivity index (χ1) is 22.1. The highest BCUT2D eigenvalue weighted by Gasteiger charge is 2.43. The Labute approximate surface area is 263 Å². The molecule has 5 aromatic carbocycles. The molecule has 47 heavy (non-hydrogen) atoms. The van der Waals surface area contributed by atoms with E-state index in [0.717, 1.165) is 22.5 Å². The van der Waals surface area contributed by atoms with Gasteiger partial charge in [-0.1, -0.05) is 48.0 Å². The van der Waals surface area contributed by atoms with Gasteiger partial charge >= 0.3 is 12.3 Å². The second kappa shape index (κ2) is 11.7. The van der Waals surface area contributed by atoms with Crippen LogP contribution in [-0.4, -0.2) is 4.98 Å². The number of aryl methyl sites for hydroxylation is 1. The number of benzene rings is 5. The van der Waals surface area contributed by atoms with Crippen molar-refractivity contribution in [2.45, 2.75) is 19.2 Å². The van der Waals surface area contributed by atoms with Gasteiger partial charge in [-0.2, -0.15) is 22.0 Å². The Morgan fingerprint density at radius 2 is 1.13 bits per heavy atom. The van der Waals surface area contributed by atoms with E-state index in [-0.39, 0.29) is 28.3 Å². The number of aromatic nitrogens is 1. The van der Waals surface area contributed by atoms with Crippen LogP contribution in [0.1, 0.15) is 16.7 Å². The van der Waals surface area contributed by atoms with Crippen LogP contribution in [0, 0.1) is 36.0 Å². The quantitative estimate of drug-likeness (QED) is 0.164. The van der Waals surface area contributed by atoms with Gasteiger partial charge < -0.3 is 4.74 Å². The fourth-order valence-corrected chi connectivity index (χ4v) is 5.94. The van der Waals surface area contributed by atoms with Crippen LogP contribution in [0.25, 0.3) is 43.0 Å². The Balaban J connectivity index is 1.28. The van der Waals surface area contributed by atoms with Crippen LogP contribution in [0.15, 0.2) is 84.9 Å². The number of nitrogens with zero attached hydrogens (tertiary/aromatic N) is 1. The maximum absolute atomic E-state index is 15.2. The number of hydrogen-bond donors (Lipinski definition) is 0. The monoisotopic (exact) mass is 677 g/mol. The highest BCUT2D eigenvalue weighted by molar-refractivity contribution is 7.21. The van der Waals surface area contributed by atoms with Gasteiger partial charge in [0.2, 0.25) is 0 Å². The molecule has 6 rings (SSSR count). The molecule has 0 bridgehead atoms. The predicted octanol–water partition coefficient (Wildman–Crippen LogP) is 11.4. The summed E-state index contributed by atoms with van der Waals surface area (Å²) in [6, 6.07) is 17.9. The third kappa shape index (κ3) is 6.27. The summed E-state index contributed by atoms with van der Waals surface area (Å²) in [5.41, 5.74) is -0.832. The van der Waals surface area contributed by atoms with Crippen molar-refractivity contribution in [2.24, 2.45) is 0 Å². The Morgan fingerprint density at radius 1 is 0.574 bits per heavy atom. The minimum atomic E-state index is -5.48. The van der Waals surface area contributed by atoms with E-state index in [4.69, 9.17) is 0 Å². The molecule has 0 aliphatic rings. The number of fused-ring (bicyclic) bond motifs is 1. The van der Waals surface area contributed by atoms with Crippen molar-refractivity contribution in [1.29, 1.82) is 0 Å². The first-order valence-corrected chi connectivity index (χ1v) is 14.3. The van der Waals surface area contributed by atoms with Gasteiger partial charge in [0.1, 0.15) is 51.0 Å². The maximum atomic E-state index is 15.2. The minimum absolute atomic E-state index is 0.0211. The lowest BCUT2D eigenvalue weighted by molar-refractivity contribution is -0.189. The van der Waals surface area contributed by atoms with Crippen LogP contribution in [0.5, 0.6) is 5.75 Å². The van der Waals surface area contributed by atoms with Gasteiger partial charge in [0.15, 0.2) is 0 Å². The first-order valence-electron chi connectivity index (χ1n) is 13.5. The average molecular weight is 678 g/mol. The van der Waals surface area contributed by atoms with E-state index in [0.29, 0.717) is 33.5 Å². The number of ether oxygens (including phenoxy) is 1. The summed E-state index contributed by atoms with van der Waals surface area (Å²) >= 11 is 0.945. The lowest BCUT2D eigenvalue weighted by Crippen LogP contribution is -2.25. The van der Waals surface area contributed by atoms with Crippen LogP contribution in [0.2, 0.25) is 0 Å². The van der Waals surface area contributed by atoms with Gasteiger partial charge in [-0.25, -0.2) is 26.9 Å². The van der Waals surface area contributed by atoms with Crippen LogP contribution < -0.4 is 4.74 Å². The van der Waals surface area contributed by atoms with Crippen LogP contribution in [0.4, 0.5) is 43.9 Å². The fourth-order valence-electron chi connectivity index (χ4n) is 4.94. The maximum Gasteiger partial charge on any atom is 0.432 e. The largest absolute Gasteiger partial charge is 0.432 e. The Bertz CT molecular complexity index is 2110. The van der Waals surface area contributed by atoms with Gasteiger partial charge in [-0.15, -0.1) is 11.3 Å². The van der Waals surface area contributed by atoms with E-state index < -0.39 is 58.2 Å². The summed E-state index contributed by atoms with van der Waals surface area (Å²) in [7, 11) is 0. The van der Waals surface area contributed by atoms with E-state index >= 15 is 4.39 Å².